The first kappa shape index (κ1) is 40.1. The van der Waals surface area contributed by atoms with Gasteiger partial charge in [0.25, 0.3) is 5.91 Å². The minimum absolute atomic E-state index is 0.0705. The number of alkyl carbamates (subject to hydrolysis) is 1. The van der Waals surface area contributed by atoms with Crippen LogP contribution in [0.5, 0.6) is 11.6 Å². The monoisotopic (exact) mass is 811 g/mol. The Kier molecular flexibility index (Phi) is 10.4. The second-order valence-corrected chi connectivity index (χ2v) is 19.3. The highest BCUT2D eigenvalue weighted by Crippen LogP contribution is 2.48. The van der Waals surface area contributed by atoms with Crippen molar-refractivity contribution >= 4 is 44.7 Å². The number of rotatable bonds is 6. The fraction of sp³-hybridized carbons (Fsp3) is 0.525. The third-order valence-corrected chi connectivity index (χ3v) is 12.6. The maximum atomic E-state index is 14.6. The van der Waals surface area contributed by atoms with Crippen LogP contribution in [-0.4, -0.2) is 97.3 Å². The predicted octanol–water partition coefficient (Wildman–Crippen LogP) is 4.56. The summed E-state index contributed by atoms with van der Waals surface area (Å²) in [5, 5.41) is 5.10. The highest BCUT2D eigenvalue weighted by molar-refractivity contribution is 7.91. The van der Waals surface area contributed by atoms with Crippen molar-refractivity contribution in [3.63, 3.8) is 0 Å². The molecule has 0 spiro atoms. The molecular weight excluding hydrogens is 765 g/mol. The summed E-state index contributed by atoms with van der Waals surface area (Å²) in [6, 6.07) is 14.0. The van der Waals surface area contributed by atoms with Gasteiger partial charge in [-0.1, -0.05) is 65.0 Å². The lowest BCUT2D eigenvalue weighted by atomic mass is 9.85. The van der Waals surface area contributed by atoms with Crippen molar-refractivity contribution in [2.45, 2.75) is 95.7 Å². The second kappa shape index (κ2) is 14.7. The SMILES string of the molecule is CC1(C)COC(=O)N[C@@H](C(C)(C)C)C(=O)N2C[C@@H](C[C@H]2C(=O)N[C@]2(C(=O)NS(=O)(=O)C3CC3)C[C@H]2C(F)F)Oc2nc3ccccc3cc2-c2cccc(c2)OC1. The molecule has 0 unspecified atom stereocenters. The number of halogens is 2. The lowest BCUT2D eigenvalue weighted by Gasteiger charge is -2.35. The third-order valence-electron chi connectivity index (χ3n) is 10.8. The van der Waals surface area contributed by atoms with Crippen LogP contribution in [0, 0.1) is 16.7 Å². The highest BCUT2D eigenvalue weighted by atomic mass is 32.2. The van der Waals surface area contributed by atoms with E-state index >= 15 is 0 Å². The molecule has 3 aromatic rings. The zero-order valence-electron chi connectivity index (χ0n) is 32.3. The second-order valence-electron chi connectivity index (χ2n) is 17.3. The summed E-state index contributed by atoms with van der Waals surface area (Å²) in [4.78, 5) is 61.7. The first-order valence-electron chi connectivity index (χ1n) is 19.0. The summed E-state index contributed by atoms with van der Waals surface area (Å²) >= 11 is 0. The van der Waals surface area contributed by atoms with E-state index in [9.17, 15) is 36.4 Å². The first-order valence-corrected chi connectivity index (χ1v) is 20.5. The maximum absolute atomic E-state index is 14.6. The Balaban J connectivity index is 1.28. The third kappa shape index (κ3) is 8.48. The van der Waals surface area contributed by atoms with Crippen LogP contribution in [0.15, 0.2) is 54.6 Å². The summed E-state index contributed by atoms with van der Waals surface area (Å²) in [6.45, 7) is 8.77. The number of pyridine rings is 1. The zero-order valence-corrected chi connectivity index (χ0v) is 33.2. The molecule has 2 aliphatic heterocycles. The van der Waals surface area contributed by atoms with Crippen molar-refractivity contribution in [2.75, 3.05) is 19.8 Å². The molecule has 306 valence electrons. The summed E-state index contributed by atoms with van der Waals surface area (Å²) in [7, 11) is -4.14. The van der Waals surface area contributed by atoms with E-state index in [1.54, 1.807) is 26.8 Å². The number of ether oxygens (including phenoxy) is 3. The van der Waals surface area contributed by atoms with Crippen molar-refractivity contribution in [3.05, 3.63) is 54.6 Å². The van der Waals surface area contributed by atoms with E-state index < -0.39 is 92.4 Å². The number of carbonyl (C=O) groups excluding carboxylic acids is 4. The number of sulfonamides is 1. The fourth-order valence-corrected chi connectivity index (χ4v) is 8.64. The number of cyclic esters (lactones) is 1. The molecule has 3 N–H and O–H groups in total. The molecule has 14 nitrogen and oxygen atoms in total. The molecule has 1 saturated heterocycles. The number of alkyl halides is 2. The van der Waals surface area contributed by atoms with Crippen LogP contribution in [0.4, 0.5) is 13.6 Å². The Morgan fingerprint density at radius 2 is 1.74 bits per heavy atom. The van der Waals surface area contributed by atoms with Gasteiger partial charge >= 0.3 is 6.09 Å². The van der Waals surface area contributed by atoms with E-state index in [2.05, 4.69) is 10.6 Å². The van der Waals surface area contributed by atoms with Gasteiger partial charge in [0.2, 0.25) is 34.1 Å². The van der Waals surface area contributed by atoms with E-state index in [1.807, 2.05) is 67.1 Å². The largest absolute Gasteiger partial charge is 0.493 e. The average molecular weight is 812 g/mol. The molecule has 57 heavy (non-hydrogen) atoms. The van der Waals surface area contributed by atoms with Crippen LogP contribution in [0.3, 0.4) is 0 Å². The van der Waals surface area contributed by atoms with Crippen LogP contribution in [0.2, 0.25) is 0 Å². The number of para-hydroxylation sites is 1. The van der Waals surface area contributed by atoms with Gasteiger partial charge in [-0.25, -0.2) is 27.0 Å². The molecule has 2 saturated carbocycles. The number of aromatic nitrogens is 1. The average Bonchev–Trinajstić information content (AvgIpc) is 4.08. The van der Waals surface area contributed by atoms with Crippen LogP contribution < -0.4 is 24.8 Å². The smallest absolute Gasteiger partial charge is 0.407 e. The van der Waals surface area contributed by atoms with Crippen LogP contribution in [0.25, 0.3) is 22.0 Å². The van der Waals surface area contributed by atoms with Crippen LogP contribution in [0.1, 0.15) is 60.3 Å². The molecule has 2 aliphatic carbocycles. The van der Waals surface area contributed by atoms with Gasteiger partial charge in [-0.3, -0.25) is 19.1 Å². The molecule has 5 atom stereocenters. The molecule has 1 aromatic heterocycles. The van der Waals surface area contributed by atoms with E-state index in [4.69, 9.17) is 19.2 Å². The molecule has 17 heteroatoms. The predicted molar refractivity (Wildman–Crippen MR) is 204 cm³/mol. The topological polar surface area (TPSA) is 182 Å². The Morgan fingerprint density at radius 1 is 1.02 bits per heavy atom. The lowest BCUT2D eigenvalue weighted by Crippen LogP contribution is -2.60. The number of carbonyl (C=O) groups is 4. The molecular formula is C40H47F2N5O9S. The van der Waals surface area contributed by atoms with Crippen molar-refractivity contribution in [1.82, 2.24) is 25.2 Å². The Hall–Kier alpha value is -5.06. The summed E-state index contributed by atoms with van der Waals surface area (Å²) in [5.41, 5.74) is -1.91. The fourth-order valence-electron chi connectivity index (χ4n) is 7.28. The molecule has 3 fully saturated rings. The van der Waals surface area contributed by atoms with Crippen molar-refractivity contribution < 1.29 is 50.6 Å². The first-order chi connectivity index (χ1) is 26.8. The van der Waals surface area contributed by atoms with Crippen LogP contribution >= 0.6 is 0 Å². The molecule has 7 rings (SSSR count). The Morgan fingerprint density at radius 3 is 2.42 bits per heavy atom. The number of nitrogens with zero attached hydrogens (tertiary/aromatic N) is 2. The van der Waals surface area contributed by atoms with Gasteiger partial charge in [0, 0.05) is 22.8 Å². The molecule has 4 amide bonds. The van der Waals surface area contributed by atoms with E-state index in [-0.39, 0.29) is 32.1 Å². The van der Waals surface area contributed by atoms with E-state index in [1.165, 1.54) is 4.90 Å². The summed E-state index contributed by atoms with van der Waals surface area (Å²) in [5.74, 6) is -3.84. The van der Waals surface area contributed by atoms with Gasteiger partial charge in [-0.2, -0.15) is 0 Å². The van der Waals surface area contributed by atoms with Crippen LogP contribution in [-0.2, 0) is 29.1 Å². The zero-order chi connectivity index (χ0) is 41.1. The lowest BCUT2D eigenvalue weighted by molar-refractivity contribution is -0.143. The molecule has 3 heterocycles. The number of benzene rings is 2. The number of fused-ring (bicyclic) bond motifs is 7. The minimum Gasteiger partial charge on any atom is -0.493 e. The van der Waals surface area contributed by atoms with Gasteiger partial charge in [-0.15, -0.1) is 0 Å². The summed E-state index contributed by atoms with van der Waals surface area (Å²) in [6.07, 6.45) is -4.87. The van der Waals surface area contributed by atoms with E-state index in [0.717, 1.165) is 5.39 Å². The summed E-state index contributed by atoms with van der Waals surface area (Å²) < 4.78 is 74.0. The standard InChI is InChI=1S/C40H47F2N5O9S/c1-38(2,3)31-35(49)47-19-25(17-30(47)33(48)45-40(18-28(40)32(41)42)36(50)46-57(52,53)26-13-14-26)56-34-27(16-23-9-6-7-12-29(23)43-34)22-10-8-11-24(15-22)54-20-39(4,5)21-55-37(51)44-31/h6-12,15-16,25-26,28,30-32H,13-14,17-21H2,1-5H3,(H,44,51)(H,45,48)(H,46,50)/t25-,28+,30+,31-,40-/m1/s1. The number of nitrogens with one attached hydrogen (secondary N) is 3. The quantitative estimate of drug-likeness (QED) is 0.319. The van der Waals surface area contributed by atoms with Gasteiger partial charge in [0.05, 0.1) is 29.8 Å². The molecule has 4 bridgehead atoms. The molecule has 4 aliphatic rings. The minimum atomic E-state index is -4.14. The maximum Gasteiger partial charge on any atom is 0.407 e. The Bertz CT molecular complexity index is 2210. The van der Waals surface area contributed by atoms with Gasteiger partial charge in [-0.05, 0) is 54.5 Å². The van der Waals surface area contributed by atoms with Crippen molar-refractivity contribution in [3.8, 4) is 22.8 Å². The van der Waals surface area contributed by atoms with Crippen molar-refractivity contribution in [1.29, 1.82) is 0 Å². The normalized spacial score (nSPS) is 26.5. The van der Waals surface area contributed by atoms with Crippen molar-refractivity contribution in [2.24, 2.45) is 16.7 Å². The molecule has 0 radical (unpaired) electrons. The number of hydrogen-bond donors (Lipinski definition) is 3. The van der Waals surface area contributed by atoms with E-state index in [0.29, 0.717) is 35.2 Å². The number of hydrogen-bond acceptors (Lipinski definition) is 10. The van der Waals surface area contributed by atoms with Gasteiger partial charge in [0.1, 0.15) is 36.1 Å². The van der Waals surface area contributed by atoms with Gasteiger partial charge < -0.3 is 29.7 Å². The highest BCUT2D eigenvalue weighted by Gasteiger charge is 2.67. The molecule has 2 aromatic carbocycles. The Labute approximate surface area is 329 Å². The number of amides is 4. The van der Waals surface area contributed by atoms with Gasteiger partial charge in [0.15, 0.2) is 0 Å².